The van der Waals surface area contributed by atoms with Gasteiger partial charge in [0, 0.05) is 0 Å². The van der Waals surface area contributed by atoms with Crippen LogP contribution in [0, 0.1) is 0 Å². The van der Waals surface area contributed by atoms with E-state index in [4.69, 9.17) is 0 Å². The molecule has 4 heteroatoms. The number of rotatable bonds is 3. The second-order valence-electron chi connectivity index (χ2n) is 13.8. The Bertz CT molecular complexity index is 788. The first kappa shape index (κ1) is 27.4. The third-order valence-electron chi connectivity index (χ3n) is 5.42. The molecule has 0 radical (unpaired) electrons. The first-order valence-electron chi connectivity index (χ1n) is 11.0. The molecule has 0 fully saturated rings. The Morgan fingerprint density at radius 1 is 0.655 bits per heavy atom. The summed E-state index contributed by atoms with van der Waals surface area (Å²) in [4.78, 5) is 0. The van der Waals surface area contributed by atoms with Crippen LogP contribution in [0.25, 0.3) is 0 Å². The van der Waals surface area contributed by atoms with Crippen LogP contribution in [0.2, 0.25) is 39.3 Å². The second kappa shape index (κ2) is 8.36. The molecule has 0 aliphatic rings. The standard InChI is InChI=1S/C25H47PSeSi2/c1-23(2,3)18-16-19(24(4,5)6)21(20(17-18)25(7,8)9)26(27)22(28(10,11)12)29(13,14)15/h16-17H,1-15H3. The fourth-order valence-corrected chi connectivity index (χ4v) is 31.9. The summed E-state index contributed by atoms with van der Waals surface area (Å²) < 4.78 is 1.93. The van der Waals surface area contributed by atoms with Gasteiger partial charge < -0.3 is 0 Å². The summed E-state index contributed by atoms with van der Waals surface area (Å²) in [5, 5.41) is 1.65. The van der Waals surface area contributed by atoms with Crippen LogP contribution in [0.4, 0.5) is 0 Å². The van der Waals surface area contributed by atoms with Crippen molar-refractivity contribution in [3.63, 3.8) is 0 Å². The topological polar surface area (TPSA) is 0 Å². The summed E-state index contributed by atoms with van der Waals surface area (Å²) in [6.07, 6.45) is 0. The van der Waals surface area contributed by atoms with E-state index in [2.05, 4.69) is 129 Å². The average molecular weight is 514 g/mol. The Morgan fingerprint density at radius 3 is 1.17 bits per heavy atom. The predicted octanol–water partition coefficient (Wildman–Crippen LogP) is 7.70. The van der Waals surface area contributed by atoms with Crippen LogP contribution in [0.5, 0.6) is 0 Å². The van der Waals surface area contributed by atoms with Crippen molar-refractivity contribution in [3.8, 4) is 0 Å². The molecule has 1 atom stereocenters. The molecule has 1 aromatic carbocycles. The van der Waals surface area contributed by atoms with E-state index in [1.165, 1.54) is 5.56 Å². The maximum atomic E-state index is 3.79. The molecular weight excluding hydrogens is 466 g/mol. The molecule has 0 saturated carbocycles. The summed E-state index contributed by atoms with van der Waals surface area (Å²) >= 11 is 3.79. The van der Waals surface area contributed by atoms with E-state index < -0.39 is 21.9 Å². The third kappa shape index (κ3) is 6.66. The van der Waals surface area contributed by atoms with Gasteiger partial charge in [0.15, 0.2) is 0 Å². The van der Waals surface area contributed by atoms with Crippen LogP contribution < -0.4 is 5.30 Å². The molecule has 166 valence electrons. The van der Waals surface area contributed by atoms with E-state index >= 15 is 0 Å². The quantitative estimate of drug-likeness (QED) is 0.287. The zero-order valence-electron chi connectivity index (χ0n) is 22.0. The number of benzene rings is 1. The van der Waals surface area contributed by atoms with Crippen molar-refractivity contribution < 1.29 is 0 Å². The van der Waals surface area contributed by atoms with Gasteiger partial charge in [-0.2, -0.15) is 0 Å². The van der Waals surface area contributed by atoms with Crippen LogP contribution in [0.3, 0.4) is 0 Å². The molecule has 0 aliphatic carbocycles. The van der Waals surface area contributed by atoms with Crippen LogP contribution in [-0.4, -0.2) is 35.8 Å². The minimum atomic E-state index is -1.41. The van der Waals surface area contributed by atoms with Crippen molar-refractivity contribution in [1.29, 1.82) is 0 Å². The van der Waals surface area contributed by atoms with Crippen molar-refractivity contribution in [2.45, 2.75) is 118 Å². The third-order valence-corrected chi connectivity index (χ3v) is 23.9. The summed E-state index contributed by atoms with van der Waals surface area (Å²) in [7, 11) is -2.81. The van der Waals surface area contributed by atoms with E-state index in [1.54, 1.807) is 16.4 Å². The predicted molar refractivity (Wildman–Crippen MR) is 147 cm³/mol. The first-order valence-corrected chi connectivity index (χ1v) is 21.6. The van der Waals surface area contributed by atoms with Crippen molar-refractivity contribution in [1.82, 2.24) is 0 Å². The number of hydrogen-bond acceptors (Lipinski definition) is 0. The first-order chi connectivity index (χ1) is 12.5. The Morgan fingerprint density at radius 2 is 0.966 bits per heavy atom. The summed E-state index contributed by atoms with van der Waals surface area (Å²) in [5.74, 6) is -0.418. The van der Waals surface area contributed by atoms with Gasteiger partial charge in [-0.3, -0.25) is 0 Å². The molecule has 1 unspecified atom stereocenters. The molecule has 1 rings (SSSR count). The molecule has 0 aliphatic heterocycles. The molecule has 0 aromatic heterocycles. The van der Waals surface area contributed by atoms with E-state index in [1.807, 2.05) is 4.54 Å². The van der Waals surface area contributed by atoms with E-state index in [0.29, 0.717) is 0 Å². The Balaban J connectivity index is 4.34. The van der Waals surface area contributed by atoms with Gasteiger partial charge in [0.1, 0.15) is 0 Å². The van der Waals surface area contributed by atoms with Gasteiger partial charge in [0.05, 0.1) is 0 Å². The molecule has 0 bridgehead atoms. The Labute approximate surface area is 193 Å². The second-order valence-corrected chi connectivity index (χ2v) is 28.9. The van der Waals surface area contributed by atoms with Gasteiger partial charge in [0.25, 0.3) is 0 Å². The fourth-order valence-electron chi connectivity index (χ4n) is 4.28. The molecule has 0 nitrogen and oxygen atoms in total. The van der Waals surface area contributed by atoms with Gasteiger partial charge in [-0.05, 0) is 0 Å². The molecule has 0 spiro atoms. The van der Waals surface area contributed by atoms with Crippen molar-refractivity contribution in [2.75, 3.05) is 0 Å². The molecular formula is C25H47PSeSi2. The Kier molecular flexibility index (Phi) is 7.89. The van der Waals surface area contributed by atoms with Crippen LogP contribution >= 0.6 is 5.79 Å². The molecule has 0 amide bonds. The van der Waals surface area contributed by atoms with Gasteiger partial charge in [0.2, 0.25) is 0 Å². The average Bonchev–Trinajstić information content (AvgIpc) is 2.39. The Hall–Kier alpha value is 0.343. The van der Waals surface area contributed by atoms with Crippen molar-refractivity contribution in [2.24, 2.45) is 0 Å². The van der Waals surface area contributed by atoms with E-state index in [0.717, 1.165) is 0 Å². The van der Waals surface area contributed by atoms with Crippen LogP contribution in [-0.2, 0) is 16.2 Å². The van der Waals surface area contributed by atoms with Crippen molar-refractivity contribution in [3.05, 3.63) is 28.8 Å². The van der Waals surface area contributed by atoms with Crippen LogP contribution in [0.1, 0.15) is 79.0 Å². The van der Waals surface area contributed by atoms with E-state index in [-0.39, 0.29) is 16.2 Å². The monoisotopic (exact) mass is 514 g/mol. The summed E-state index contributed by atoms with van der Waals surface area (Å²) in [6.45, 7) is 36.8. The van der Waals surface area contributed by atoms with Gasteiger partial charge in [-0.1, -0.05) is 0 Å². The normalized spacial score (nSPS) is 14.8. The molecule has 0 N–H and O–H groups in total. The van der Waals surface area contributed by atoms with Crippen LogP contribution in [0.15, 0.2) is 12.1 Å². The van der Waals surface area contributed by atoms with Gasteiger partial charge >= 0.3 is 194 Å². The fraction of sp³-hybridized carbons (Fsp3) is 0.720. The molecule has 0 saturated heterocycles. The summed E-state index contributed by atoms with van der Waals surface area (Å²) in [5.41, 5.74) is 5.02. The maximum absolute atomic E-state index is 3.79. The zero-order chi connectivity index (χ0) is 23.4. The SMILES string of the molecule is CC(C)(C)c1cc(C(C)(C)C)c(P(=[Se])=C([Si](C)(C)C)[Si](C)(C)C)c(C(C)(C)C)c1. The molecule has 1 aromatic rings. The molecule has 0 heterocycles. The van der Waals surface area contributed by atoms with Crippen molar-refractivity contribution >= 4 is 46.9 Å². The number of hydrogen-bond donors (Lipinski definition) is 0. The van der Waals surface area contributed by atoms with Gasteiger partial charge in [-0.15, -0.1) is 0 Å². The zero-order valence-corrected chi connectivity index (χ0v) is 26.6. The summed E-state index contributed by atoms with van der Waals surface area (Å²) in [6, 6.07) is 5.09. The van der Waals surface area contributed by atoms with Gasteiger partial charge in [-0.25, -0.2) is 0 Å². The molecule has 29 heavy (non-hydrogen) atoms. The van der Waals surface area contributed by atoms with E-state index in [9.17, 15) is 0 Å². The minimum absolute atomic E-state index is 0.130.